The van der Waals surface area contributed by atoms with Crippen LogP contribution in [0, 0.1) is 3.95 Å². The van der Waals surface area contributed by atoms with Crippen molar-refractivity contribution in [3.05, 3.63) is 38.8 Å². The van der Waals surface area contributed by atoms with Crippen molar-refractivity contribution in [1.82, 2.24) is 9.78 Å². The number of aromatic hydroxyl groups is 1. The van der Waals surface area contributed by atoms with Crippen molar-refractivity contribution < 1.29 is 9.90 Å². The Hall–Kier alpha value is -1.53. The van der Waals surface area contributed by atoms with E-state index < -0.39 is 0 Å². The molecule has 1 N–H and O–H groups in total. The summed E-state index contributed by atoms with van der Waals surface area (Å²) in [4.78, 5) is 12.2. The van der Waals surface area contributed by atoms with Gasteiger partial charge in [-0.15, -0.1) is 0 Å². The SMILES string of the molecule is CC(C)c1nn(C(=O)c2ccc(O)cc2)c(=S)s1. The number of phenols is 1. The summed E-state index contributed by atoms with van der Waals surface area (Å²) in [7, 11) is 0. The van der Waals surface area contributed by atoms with Crippen LogP contribution in [-0.2, 0) is 0 Å². The third-order valence-corrected chi connectivity index (χ3v) is 3.90. The molecule has 6 heteroatoms. The normalized spacial score (nSPS) is 10.8. The van der Waals surface area contributed by atoms with Gasteiger partial charge in [0.15, 0.2) is 3.95 Å². The maximum absolute atomic E-state index is 12.2. The molecule has 0 fully saturated rings. The molecule has 0 saturated carbocycles. The zero-order chi connectivity index (χ0) is 13.3. The highest BCUT2D eigenvalue weighted by molar-refractivity contribution is 7.73. The van der Waals surface area contributed by atoms with E-state index in [0.717, 1.165) is 5.01 Å². The van der Waals surface area contributed by atoms with Crippen molar-refractivity contribution in [2.75, 3.05) is 0 Å². The molecule has 0 aliphatic rings. The lowest BCUT2D eigenvalue weighted by atomic mass is 10.2. The maximum Gasteiger partial charge on any atom is 0.280 e. The largest absolute Gasteiger partial charge is 0.508 e. The molecule has 0 atom stereocenters. The van der Waals surface area contributed by atoms with Gasteiger partial charge < -0.3 is 5.11 Å². The standard InChI is InChI=1S/C12H12N2O2S2/c1-7(2)10-13-14(12(17)18-10)11(16)8-3-5-9(15)6-4-8/h3-7,15H,1-2H3. The lowest BCUT2D eigenvalue weighted by molar-refractivity contribution is 0.0943. The molecule has 0 aliphatic heterocycles. The van der Waals surface area contributed by atoms with Crippen LogP contribution in [0.2, 0.25) is 0 Å². The van der Waals surface area contributed by atoms with Gasteiger partial charge in [0, 0.05) is 11.5 Å². The molecule has 1 aromatic heterocycles. The second-order valence-corrected chi connectivity index (χ2v) is 5.78. The third-order valence-electron chi connectivity index (χ3n) is 2.36. The number of carbonyl (C=O) groups is 1. The summed E-state index contributed by atoms with van der Waals surface area (Å²) in [6, 6.07) is 6.03. The van der Waals surface area contributed by atoms with Crippen molar-refractivity contribution in [1.29, 1.82) is 0 Å². The topological polar surface area (TPSA) is 55.1 Å². The number of nitrogens with zero attached hydrogens (tertiary/aromatic N) is 2. The number of hydrogen-bond acceptors (Lipinski definition) is 5. The molecule has 18 heavy (non-hydrogen) atoms. The predicted molar refractivity (Wildman–Crippen MR) is 72.9 cm³/mol. The second kappa shape index (κ2) is 4.99. The first-order chi connectivity index (χ1) is 8.49. The Morgan fingerprint density at radius 3 is 2.50 bits per heavy atom. The molecule has 4 nitrogen and oxygen atoms in total. The lowest BCUT2D eigenvalue weighted by Gasteiger charge is -2.01. The van der Waals surface area contributed by atoms with E-state index in [1.54, 1.807) is 12.1 Å². The molecule has 0 amide bonds. The average Bonchev–Trinajstić information content (AvgIpc) is 2.71. The van der Waals surface area contributed by atoms with E-state index >= 15 is 0 Å². The molecule has 1 aromatic carbocycles. The minimum atomic E-state index is -0.275. The van der Waals surface area contributed by atoms with E-state index in [1.807, 2.05) is 13.8 Å². The molecule has 0 saturated heterocycles. The summed E-state index contributed by atoms with van der Waals surface area (Å²) in [5.41, 5.74) is 0.449. The van der Waals surface area contributed by atoms with Gasteiger partial charge in [-0.25, -0.2) is 0 Å². The number of rotatable bonds is 2. The van der Waals surface area contributed by atoms with E-state index in [-0.39, 0.29) is 17.6 Å². The second-order valence-electron chi connectivity index (χ2n) is 4.12. The zero-order valence-electron chi connectivity index (χ0n) is 9.95. The first-order valence-corrected chi connectivity index (χ1v) is 6.65. The van der Waals surface area contributed by atoms with Crippen molar-refractivity contribution in [3.63, 3.8) is 0 Å². The lowest BCUT2D eigenvalue weighted by Crippen LogP contribution is -2.14. The summed E-state index contributed by atoms with van der Waals surface area (Å²) >= 11 is 6.49. The number of benzene rings is 1. The van der Waals surface area contributed by atoms with Gasteiger partial charge in [0.1, 0.15) is 10.8 Å². The van der Waals surface area contributed by atoms with Crippen LogP contribution in [0.15, 0.2) is 24.3 Å². The Labute approximate surface area is 114 Å². The Morgan fingerprint density at radius 2 is 2.00 bits per heavy atom. The Morgan fingerprint density at radius 1 is 1.39 bits per heavy atom. The first-order valence-electron chi connectivity index (χ1n) is 5.43. The Kier molecular flexibility index (Phi) is 3.58. The van der Waals surface area contributed by atoms with Crippen LogP contribution < -0.4 is 0 Å². The minimum absolute atomic E-state index is 0.122. The van der Waals surface area contributed by atoms with Crippen LogP contribution in [0.25, 0.3) is 0 Å². The Balaban J connectivity index is 2.40. The summed E-state index contributed by atoms with van der Waals surface area (Å²) in [6.45, 7) is 4.01. The molecule has 2 aromatic rings. The third kappa shape index (κ3) is 2.49. The number of carbonyl (C=O) groups excluding carboxylic acids is 1. The van der Waals surface area contributed by atoms with Gasteiger partial charge in [-0.1, -0.05) is 25.2 Å². The van der Waals surface area contributed by atoms with Crippen molar-refractivity contribution >= 4 is 29.5 Å². The van der Waals surface area contributed by atoms with E-state index in [4.69, 9.17) is 12.2 Å². The van der Waals surface area contributed by atoms with Gasteiger partial charge in [-0.3, -0.25) is 4.79 Å². The van der Waals surface area contributed by atoms with Gasteiger partial charge in [0.25, 0.3) is 5.91 Å². The van der Waals surface area contributed by atoms with E-state index in [2.05, 4.69) is 5.10 Å². The van der Waals surface area contributed by atoms with Crippen molar-refractivity contribution in [2.24, 2.45) is 0 Å². The van der Waals surface area contributed by atoms with Crippen LogP contribution >= 0.6 is 23.6 Å². The fourth-order valence-corrected chi connectivity index (χ4v) is 2.51. The van der Waals surface area contributed by atoms with Gasteiger partial charge in [0.2, 0.25) is 0 Å². The Bertz CT molecular complexity index is 626. The quantitative estimate of drug-likeness (QED) is 0.858. The van der Waals surface area contributed by atoms with E-state index in [1.165, 1.54) is 28.2 Å². The summed E-state index contributed by atoms with van der Waals surface area (Å²) in [5.74, 6) is 0.0880. The molecule has 0 unspecified atom stereocenters. The monoisotopic (exact) mass is 280 g/mol. The predicted octanol–water partition coefficient (Wildman–Crippen LogP) is 3.19. The molecular weight excluding hydrogens is 268 g/mol. The number of hydrogen-bond donors (Lipinski definition) is 1. The van der Waals surface area contributed by atoms with Gasteiger partial charge >= 0.3 is 0 Å². The highest BCUT2D eigenvalue weighted by Gasteiger charge is 2.14. The highest BCUT2D eigenvalue weighted by atomic mass is 32.1. The minimum Gasteiger partial charge on any atom is -0.508 e. The summed E-state index contributed by atoms with van der Waals surface area (Å²) in [5, 5.41) is 14.3. The van der Waals surface area contributed by atoms with E-state index in [9.17, 15) is 9.90 Å². The van der Waals surface area contributed by atoms with Gasteiger partial charge in [-0.05, 0) is 36.5 Å². The molecule has 2 rings (SSSR count). The fraction of sp³-hybridized carbons (Fsp3) is 0.250. The summed E-state index contributed by atoms with van der Waals surface area (Å²) < 4.78 is 1.68. The van der Waals surface area contributed by atoms with Crippen LogP contribution in [0.4, 0.5) is 0 Å². The number of phenolic OH excluding ortho intramolecular Hbond substituents is 1. The molecule has 1 heterocycles. The molecule has 0 aliphatic carbocycles. The van der Waals surface area contributed by atoms with Crippen LogP contribution in [-0.4, -0.2) is 20.8 Å². The highest BCUT2D eigenvalue weighted by Crippen LogP contribution is 2.19. The van der Waals surface area contributed by atoms with Crippen LogP contribution in [0.5, 0.6) is 5.75 Å². The van der Waals surface area contributed by atoms with Crippen molar-refractivity contribution in [2.45, 2.75) is 19.8 Å². The molecule has 0 spiro atoms. The maximum atomic E-state index is 12.2. The van der Waals surface area contributed by atoms with E-state index in [0.29, 0.717) is 9.52 Å². The summed E-state index contributed by atoms with van der Waals surface area (Å²) in [6.07, 6.45) is 0. The molecule has 94 valence electrons. The van der Waals surface area contributed by atoms with Crippen molar-refractivity contribution in [3.8, 4) is 5.75 Å². The fourth-order valence-electron chi connectivity index (χ4n) is 1.38. The molecule has 0 radical (unpaired) electrons. The van der Waals surface area contributed by atoms with Crippen LogP contribution in [0.3, 0.4) is 0 Å². The molecule has 0 bridgehead atoms. The first kappa shape index (κ1) is 12.9. The van der Waals surface area contributed by atoms with Crippen LogP contribution in [0.1, 0.15) is 35.1 Å². The molecular formula is C12H12N2O2S2. The number of aromatic nitrogens is 2. The smallest absolute Gasteiger partial charge is 0.280 e. The van der Waals surface area contributed by atoms with Gasteiger partial charge in [-0.2, -0.15) is 9.78 Å². The average molecular weight is 280 g/mol. The zero-order valence-corrected chi connectivity index (χ0v) is 11.6. The van der Waals surface area contributed by atoms with Gasteiger partial charge in [0.05, 0.1) is 0 Å².